The zero-order valence-corrected chi connectivity index (χ0v) is 13.4. The molecule has 1 aromatic rings. The molecular weight excluding hydrogens is 309 g/mol. The van der Waals surface area contributed by atoms with E-state index in [-0.39, 0.29) is 17.9 Å². The Hall–Kier alpha value is -0.271. The second kappa shape index (κ2) is 7.35. The molecular formula is C15H22ClNSe. The van der Waals surface area contributed by atoms with Gasteiger partial charge in [-0.3, -0.25) is 0 Å². The van der Waals surface area contributed by atoms with Crippen LogP contribution in [-0.2, 0) is 0 Å². The summed E-state index contributed by atoms with van der Waals surface area (Å²) in [5, 5.41) is 0. The topological polar surface area (TPSA) is 26.0 Å². The van der Waals surface area contributed by atoms with E-state index >= 15 is 0 Å². The summed E-state index contributed by atoms with van der Waals surface area (Å²) in [7, 11) is 0. The first-order chi connectivity index (χ1) is 8.18. The van der Waals surface area contributed by atoms with Gasteiger partial charge in [0.1, 0.15) is 0 Å². The number of aryl methyl sites for hydroxylation is 1. The first-order valence-corrected chi connectivity index (χ1v) is 8.22. The van der Waals surface area contributed by atoms with Crippen LogP contribution in [0.3, 0.4) is 0 Å². The smallest absolute Gasteiger partial charge is 0.147 e. The van der Waals surface area contributed by atoms with Gasteiger partial charge in [-0.1, -0.05) is 0 Å². The van der Waals surface area contributed by atoms with Crippen molar-refractivity contribution in [2.45, 2.75) is 44.6 Å². The van der Waals surface area contributed by atoms with Crippen molar-refractivity contribution >= 4 is 31.8 Å². The number of hydrogen-bond donors (Lipinski definition) is 1. The van der Waals surface area contributed by atoms with E-state index in [2.05, 4.69) is 42.2 Å². The molecule has 3 heteroatoms. The summed E-state index contributed by atoms with van der Waals surface area (Å²) >= 11 is 0.428. The van der Waals surface area contributed by atoms with Gasteiger partial charge < -0.3 is 0 Å². The molecule has 1 aliphatic rings. The predicted octanol–water partition coefficient (Wildman–Crippen LogP) is 2.92. The molecule has 1 fully saturated rings. The first kappa shape index (κ1) is 15.8. The molecule has 1 nitrogen and oxygen atoms in total. The van der Waals surface area contributed by atoms with Crippen LogP contribution < -0.4 is 10.2 Å². The van der Waals surface area contributed by atoms with Crippen molar-refractivity contribution in [2.24, 2.45) is 5.73 Å². The van der Waals surface area contributed by atoms with E-state index in [1.807, 2.05) is 0 Å². The molecule has 0 bridgehead atoms. The van der Waals surface area contributed by atoms with Crippen LogP contribution in [0.25, 0.3) is 0 Å². The number of halogens is 1. The van der Waals surface area contributed by atoms with Crippen molar-refractivity contribution < 1.29 is 0 Å². The Balaban J connectivity index is 0.00000162. The summed E-state index contributed by atoms with van der Waals surface area (Å²) in [5.41, 5.74) is 7.69. The van der Waals surface area contributed by atoms with Gasteiger partial charge in [-0.15, -0.1) is 12.4 Å². The molecule has 0 spiro atoms. The van der Waals surface area contributed by atoms with Crippen molar-refractivity contribution in [3.05, 3.63) is 40.9 Å². The maximum atomic E-state index is 6.37. The summed E-state index contributed by atoms with van der Waals surface area (Å²) in [6, 6.07) is 8.82. The summed E-state index contributed by atoms with van der Waals surface area (Å²) in [5.74, 6) is 0. The monoisotopic (exact) mass is 331 g/mol. The Morgan fingerprint density at radius 3 is 2.33 bits per heavy atom. The van der Waals surface area contributed by atoms with E-state index in [1.54, 1.807) is 0 Å². The molecule has 2 N–H and O–H groups in total. The number of rotatable bonds is 3. The van der Waals surface area contributed by atoms with Crippen molar-refractivity contribution in [3.8, 4) is 0 Å². The SMILES string of the molecule is Cc1ccc([Se]C=CC2(N)CCCCC2)cc1.Cl. The second-order valence-corrected chi connectivity index (χ2v) is 7.08. The molecule has 100 valence electrons. The van der Waals surface area contributed by atoms with Crippen LogP contribution in [0.2, 0.25) is 0 Å². The van der Waals surface area contributed by atoms with Crippen molar-refractivity contribution in [1.82, 2.24) is 0 Å². The van der Waals surface area contributed by atoms with E-state index in [1.165, 1.54) is 29.3 Å². The summed E-state index contributed by atoms with van der Waals surface area (Å²) in [6.45, 7) is 2.13. The first-order valence-electron chi connectivity index (χ1n) is 6.38. The summed E-state index contributed by atoms with van der Waals surface area (Å²) in [6.07, 6.45) is 8.53. The molecule has 18 heavy (non-hydrogen) atoms. The normalized spacial score (nSPS) is 18.6. The van der Waals surface area contributed by atoms with Crippen LogP contribution in [0.5, 0.6) is 0 Å². The van der Waals surface area contributed by atoms with Gasteiger partial charge >= 0.3 is 111 Å². The average molecular weight is 331 g/mol. The van der Waals surface area contributed by atoms with Gasteiger partial charge in [-0.05, 0) is 0 Å². The summed E-state index contributed by atoms with van der Waals surface area (Å²) < 4.78 is 1.43. The van der Waals surface area contributed by atoms with Crippen LogP contribution in [0.15, 0.2) is 35.3 Å². The largest absolute Gasteiger partial charge is 0.147 e. The minimum absolute atomic E-state index is 0. The van der Waals surface area contributed by atoms with Crippen molar-refractivity contribution in [2.75, 3.05) is 0 Å². The van der Waals surface area contributed by atoms with Crippen LogP contribution in [0.4, 0.5) is 0 Å². The maximum Gasteiger partial charge on any atom is -0.147 e. The van der Waals surface area contributed by atoms with Gasteiger partial charge in [0.15, 0.2) is 0 Å². The molecule has 0 aromatic heterocycles. The fraction of sp³-hybridized carbons (Fsp3) is 0.467. The van der Waals surface area contributed by atoms with E-state index in [0.29, 0.717) is 15.0 Å². The van der Waals surface area contributed by atoms with Crippen molar-refractivity contribution in [1.29, 1.82) is 0 Å². The fourth-order valence-electron chi connectivity index (χ4n) is 2.24. The van der Waals surface area contributed by atoms with Gasteiger partial charge in [0.25, 0.3) is 0 Å². The van der Waals surface area contributed by atoms with Gasteiger partial charge in [0, 0.05) is 0 Å². The van der Waals surface area contributed by atoms with Gasteiger partial charge in [-0.2, -0.15) is 0 Å². The Kier molecular flexibility index (Phi) is 6.45. The third-order valence-electron chi connectivity index (χ3n) is 3.41. The molecule has 0 amide bonds. The van der Waals surface area contributed by atoms with E-state index in [4.69, 9.17) is 5.73 Å². The molecule has 2 rings (SSSR count). The quantitative estimate of drug-likeness (QED) is 0.847. The third-order valence-corrected chi connectivity index (χ3v) is 5.12. The van der Waals surface area contributed by atoms with Crippen LogP contribution in [-0.4, -0.2) is 20.5 Å². The Morgan fingerprint density at radius 1 is 1.11 bits per heavy atom. The average Bonchev–Trinajstić information content (AvgIpc) is 2.32. The molecule has 0 radical (unpaired) electrons. The zero-order chi connectivity index (χ0) is 12.1. The van der Waals surface area contributed by atoms with E-state index < -0.39 is 0 Å². The van der Waals surface area contributed by atoms with E-state index in [9.17, 15) is 0 Å². The zero-order valence-electron chi connectivity index (χ0n) is 10.9. The third kappa shape index (κ3) is 4.78. The Bertz CT molecular complexity index is 380. The predicted molar refractivity (Wildman–Crippen MR) is 83.0 cm³/mol. The molecule has 0 atom stereocenters. The van der Waals surface area contributed by atoms with Crippen LogP contribution >= 0.6 is 12.4 Å². The molecule has 1 aromatic carbocycles. The van der Waals surface area contributed by atoms with E-state index in [0.717, 1.165) is 12.8 Å². The number of benzene rings is 1. The number of nitrogens with two attached hydrogens (primary N) is 1. The van der Waals surface area contributed by atoms with Gasteiger partial charge in [0.05, 0.1) is 0 Å². The molecule has 0 saturated heterocycles. The Morgan fingerprint density at radius 2 is 1.72 bits per heavy atom. The van der Waals surface area contributed by atoms with Crippen molar-refractivity contribution in [3.63, 3.8) is 0 Å². The van der Waals surface area contributed by atoms with Gasteiger partial charge in [0.2, 0.25) is 0 Å². The maximum absolute atomic E-state index is 6.37. The Labute approximate surface area is 123 Å². The van der Waals surface area contributed by atoms with Crippen LogP contribution in [0.1, 0.15) is 37.7 Å². The standard InChI is InChI=1S/C15H21NSe.ClH/c1-13-5-7-14(8-6-13)17-12-11-15(16)9-3-2-4-10-15;/h5-8,11-12H,2-4,9-10,16H2,1H3;1H. The summed E-state index contributed by atoms with van der Waals surface area (Å²) in [4.78, 5) is 2.31. The molecule has 0 heterocycles. The molecule has 0 aliphatic heterocycles. The second-order valence-electron chi connectivity index (χ2n) is 5.03. The minimum atomic E-state index is -0.00923. The van der Waals surface area contributed by atoms with Gasteiger partial charge in [-0.25, -0.2) is 0 Å². The molecule has 1 saturated carbocycles. The van der Waals surface area contributed by atoms with Crippen LogP contribution in [0, 0.1) is 6.92 Å². The molecule has 1 aliphatic carbocycles. The number of hydrogen-bond acceptors (Lipinski definition) is 1. The molecule has 0 unspecified atom stereocenters. The fourth-order valence-corrected chi connectivity index (χ4v) is 3.90. The minimum Gasteiger partial charge on any atom is -0.147 e.